The molecule has 1 unspecified atom stereocenters. The summed E-state index contributed by atoms with van der Waals surface area (Å²) in [7, 11) is 2.95. The lowest BCUT2D eigenvalue weighted by Gasteiger charge is -2.16. The molecule has 0 saturated carbocycles. The summed E-state index contributed by atoms with van der Waals surface area (Å²) in [5, 5.41) is 2.76. The predicted octanol–water partition coefficient (Wildman–Crippen LogP) is 2.48. The van der Waals surface area contributed by atoms with E-state index < -0.39 is 6.04 Å². The summed E-state index contributed by atoms with van der Waals surface area (Å²) >= 11 is 0. The first-order valence-corrected chi connectivity index (χ1v) is 7.60. The fraction of sp³-hybridized carbons (Fsp3) is 0.529. The van der Waals surface area contributed by atoms with Crippen LogP contribution in [0.3, 0.4) is 0 Å². The number of carbonyl (C=O) groups excluding carboxylic acids is 2. The van der Waals surface area contributed by atoms with E-state index in [2.05, 4.69) is 5.32 Å². The molecule has 0 saturated heterocycles. The molecule has 0 aliphatic rings. The Morgan fingerprint density at radius 2 is 1.86 bits per heavy atom. The summed E-state index contributed by atoms with van der Waals surface area (Å²) in [5.74, 6) is 0.270. The number of hydrogen-bond donors (Lipinski definition) is 1. The van der Waals surface area contributed by atoms with Gasteiger partial charge in [-0.25, -0.2) is 4.79 Å². The maximum Gasteiger partial charge on any atom is 0.328 e. The van der Waals surface area contributed by atoms with Crippen LogP contribution in [-0.2, 0) is 20.7 Å². The highest BCUT2D eigenvalue weighted by Crippen LogP contribution is 2.12. The number of nitrogens with one attached hydrogen (secondary N) is 1. The van der Waals surface area contributed by atoms with Gasteiger partial charge in [-0.15, -0.1) is 0 Å². The second kappa shape index (κ2) is 9.82. The zero-order chi connectivity index (χ0) is 16.4. The highest BCUT2D eigenvalue weighted by molar-refractivity contribution is 5.84. The van der Waals surface area contributed by atoms with Crippen LogP contribution in [0.2, 0.25) is 0 Å². The van der Waals surface area contributed by atoms with Crippen molar-refractivity contribution in [2.45, 2.75) is 45.1 Å². The topological polar surface area (TPSA) is 64.6 Å². The summed E-state index contributed by atoms with van der Waals surface area (Å²) in [6, 6.07) is 7.05. The van der Waals surface area contributed by atoms with Crippen LogP contribution in [0.25, 0.3) is 0 Å². The zero-order valence-corrected chi connectivity index (χ0v) is 13.6. The Kier molecular flexibility index (Phi) is 8.04. The van der Waals surface area contributed by atoms with Crippen molar-refractivity contribution >= 4 is 11.9 Å². The third kappa shape index (κ3) is 6.16. The molecule has 0 bridgehead atoms. The van der Waals surface area contributed by atoms with Crippen molar-refractivity contribution in [3.05, 3.63) is 29.8 Å². The smallest absolute Gasteiger partial charge is 0.328 e. The average molecular weight is 307 g/mol. The van der Waals surface area contributed by atoms with Crippen molar-refractivity contribution in [1.82, 2.24) is 5.32 Å². The first kappa shape index (κ1) is 18.0. The van der Waals surface area contributed by atoms with Crippen LogP contribution in [0.5, 0.6) is 5.75 Å². The van der Waals surface area contributed by atoms with Crippen molar-refractivity contribution in [2.24, 2.45) is 0 Å². The quantitative estimate of drug-likeness (QED) is 0.712. The molecule has 1 atom stereocenters. The van der Waals surface area contributed by atoms with E-state index in [0.29, 0.717) is 19.3 Å². The minimum absolute atomic E-state index is 0.137. The van der Waals surface area contributed by atoms with Crippen LogP contribution in [-0.4, -0.2) is 32.1 Å². The van der Waals surface area contributed by atoms with E-state index >= 15 is 0 Å². The van der Waals surface area contributed by atoms with E-state index in [1.54, 1.807) is 7.11 Å². The summed E-state index contributed by atoms with van der Waals surface area (Å²) in [5.41, 5.74) is 1.05. The molecule has 0 radical (unpaired) electrons. The Labute approximate surface area is 132 Å². The summed E-state index contributed by atoms with van der Waals surface area (Å²) < 4.78 is 9.82. The highest BCUT2D eigenvalue weighted by Gasteiger charge is 2.20. The number of hydrogen-bond acceptors (Lipinski definition) is 4. The average Bonchev–Trinajstić information content (AvgIpc) is 2.56. The van der Waals surface area contributed by atoms with E-state index in [9.17, 15) is 9.59 Å². The molecule has 1 aromatic carbocycles. The minimum atomic E-state index is -0.548. The van der Waals surface area contributed by atoms with Gasteiger partial charge in [0.2, 0.25) is 5.91 Å². The van der Waals surface area contributed by atoms with Gasteiger partial charge in [0.15, 0.2) is 0 Å². The van der Waals surface area contributed by atoms with Crippen LogP contribution in [0.4, 0.5) is 0 Å². The molecule has 1 amide bonds. The van der Waals surface area contributed by atoms with Crippen molar-refractivity contribution in [2.75, 3.05) is 14.2 Å². The molecule has 1 rings (SSSR count). The summed E-state index contributed by atoms with van der Waals surface area (Å²) in [6.07, 6.45) is 3.41. The molecule has 22 heavy (non-hydrogen) atoms. The maximum atomic E-state index is 12.0. The van der Waals surface area contributed by atoms with Crippen molar-refractivity contribution < 1.29 is 19.1 Å². The third-order valence-corrected chi connectivity index (χ3v) is 3.47. The second-order valence-corrected chi connectivity index (χ2v) is 5.13. The number of ether oxygens (including phenoxy) is 2. The maximum absolute atomic E-state index is 12.0. The molecular formula is C17H25NO4. The fourth-order valence-corrected chi connectivity index (χ4v) is 2.12. The Morgan fingerprint density at radius 1 is 1.18 bits per heavy atom. The van der Waals surface area contributed by atoms with Crippen molar-refractivity contribution in [3.8, 4) is 5.75 Å². The Morgan fingerprint density at radius 3 is 2.41 bits per heavy atom. The molecule has 122 valence electrons. The molecule has 5 heteroatoms. The van der Waals surface area contributed by atoms with E-state index in [4.69, 9.17) is 9.47 Å². The molecule has 1 N–H and O–H groups in total. The van der Waals surface area contributed by atoms with Crippen LogP contribution < -0.4 is 10.1 Å². The van der Waals surface area contributed by atoms with Crippen molar-refractivity contribution in [3.63, 3.8) is 0 Å². The van der Waals surface area contributed by atoms with Gasteiger partial charge in [0.05, 0.1) is 14.2 Å². The van der Waals surface area contributed by atoms with Gasteiger partial charge in [-0.3, -0.25) is 4.79 Å². The van der Waals surface area contributed by atoms with E-state index in [1.807, 2.05) is 31.2 Å². The number of esters is 1. The number of methoxy groups -OCH3 is 2. The SMILES string of the molecule is CCCCC(NC(=O)CCc1ccc(OC)cc1)C(=O)OC. The van der Waals surface area contributed by atoms with E-state index in [1.165, 1.54) is 7.11 Å². The molecule has 0 fully saturated rings. The van der Waals surface area contributed by atoms with Crippen LogP contribution in [0.1, 0.15) is 38.2 Å². The number of carbonyl (C=O) groups is 2. The number of unbranched alkanes of at least 4 members (excludes halogenated alkanes) is 1. The zero-order valence-electron chi connectivity index (χ0n) is 13.6. The van der Waals surface area contributed by atoms with E-state index in [-0.39, 0.29) is 11.9 Å². The molecule has 0 aliphatic heterocycles. The lowest BCUT2D eigenvalue weighted by Crippen LogP contribution is -2.41. The molecule has 0 spiro atoms. The van der Waals surface area contributed by atoms with Crippen LogP contribution >= 0.6 is 0 Å². The normalized spacial score (nSPS) is 11.6. The van der Waals surface area contributed by atoms with Gasteiger partial charge in [-0.1, -0.05) is 31.9 Å². The summed E-state index contributed by atoms with van der Waals surface area (Å²) in [4.78, 5) is 23.6. The number of aryl methyl sites for hydroxylation is 1. The summed E-state index contributed by atoms with van der Waals surface area (Å²) in [6.45, 7) is 2.04. The Bertz CT molecular complexity index is 470. The number of amides is 1. The van der Waals surface area contributed by atoms with Gasteiger partial charge >= 0.3 is 5.97 Å². The number of benzene rings is 1. The largest absolute Gasteiger partial charge is 0.497 e. The first-order valence-electron chi connectivity index (χ1n) is 7.60. The lowest BCUT2D eigenvalue weighted by molar-refractivity contribution is -0.145. The molecule has 0 heterocycles. The van der Waals surface area contributed by atoms with Gasteiger partial charge in [0.25, 0.3) is 0 Å². The highest BCUT2D eigenvalue weighted by atomic mass is 16.5. The molecule has 0 aliphatic carbocycles. The van der Waals surface area contributed by atoms with Gasteiger partial charge < -0.3 is 14.8 Å². The van der Waals surface area contributed by atoms with Crippen LogP contribution in [0, 0.1) is 0 Å². The molecule has 1 aromatic rings. The Balaban J connectivity index is 2.46. The van der Waals surface area contributed by atoms with Gasteiger partial charge in [0, 0.05) is 6.42 Å². The van der Waals surface area contributed by atoms with Gasteiger partial charge in [0.1, 0.15) is 11.8 Å². The molecule has 5 nitrogen and oxygen atoms in total. The standard InChI is InChI=1S/C17H25NO4/c1-4-5-6-15(17(20)22-3)18-16(19)12-9-13-7-10-14(21-2)11-8-13/h7-8,10-11,15H,4-6,9,12H2,1-3H3,(H,18,19). The molecular weight excluding hydrogens is 282 g/mol. The van der Waals surface area contributed by atoms with Gasteiger partial charge in [-0.05, 0) is 30.5 Å². The third-order valence-electron chi connectivity index (χ3n) is 3.47. The Hall–Kier alpha value is -2.04. The lowest BCUT2D eigenvalue weighted by atomic mass is 10.1. The molecule has 0 aromatic heterocycles. The minimum Gasteiger partial charge on any atom is -0.497 e. The van der Waals surface area contributed by atoms with Gasteiger partial charge in [-0.2, -0.15) is 0 Å². The first-order chi connectivity index (χ1) is 10.6. The van der Waals surface area contributed by atoms with Crippen molar-refractivity contribution in [1.29, 1.82) is 0 Å². The monoisotopic (exact) mass is 307 g/mol. The number of rotatable bonds is 9. The van der Waals surface area contributed by atoms with E-state index in [0.717, 1.165) is 24.2 Å². The predicted molar refractivity (Wildman–Crippen MR) is 84.8 cm³/mol. The van der Waals surface area contributed by atoms with Crippen LogP contribution in [0.15, 0.2) is 24.3 Å². The fourth-order valence-electron chi connectivity index (χ4n) is 2.12. The second-order valence-electron chi connectivity index (χ2n) is 5.13.